The summed E-state index contributed by atoms with van der Waals surface area (Å²) in [5.74, 6) is 0. The van der Waals surface area contributed by atoms with Gasteiger partial charge < -0.3 is 0 Å². The van der Waals surface area contributed by atoms with Crippen molar-refractivity contribution in [3.8, 4) is 11.1 Å². The maximum atomic E-state index is 6.09. The molecule has 2 aromatic carbocycles. The Balaban J connectivity index is 2.67. The zero-order valence-electron chi connectivity index (χ0n) is 8.60. The van der Waals surface area contributed by atoms with Gasteiger partial charge in [-0.3, -0.25) is 0 Å². The molecule has 0 atom stereocenters. The zero-order valence-corrected chi connectivity index (χ0v) is 12.5. The number of aryl methyl sites for hydroxylation is 1. The molecule has 0 spiro atoms. The van der Waals surface area contributed by atoms with Crippen molar-refractivity contribution < 1.29 is 0 Å². The van der Waals surface area contributed by atoms with Crippen LogP contribution in [0, 0.1) is 6.92 Å². The molecular weight excluding hydrogens is 351 g/mol. The molecule has 82 valence electrons. The fourth-order valence-electron chi connectivity index (χ4n) is 1.56. The van der Waals surface area contributed by atoms with Crippen molar-refractivity contribution in [1.29, 1.82) is 0 Å². The minimum Gasteiger partial charge on any atom is -0.0831 e. The van der Waals surface area contributed by atoms with Gasteiger partial charge in [0.25, 0.3) is 0 Å². The number of benzene rings is 2. The third kappa shape index (κ3) is 2.34. The highest BCUT2D eigenvalue weighted by Gasteiger charge is 2.09. The number of hydrogen-bond donors (Lipinski definition) is 0. The lowest BCUT2D eigenvalue weighted by molar-refractivity contribution is 1.44. The molecule has 3 heteroatoms. The van der Waals surface area contributed by atoms with Crippen LogP contribution in [0.15, 0.2) is 45.3 Å². The molecule has 0 saturated carbocycles. The fourth-order valence-corrected chi connectivity index (χ4v) is 2.67. The van der Waals surface area contributed by atoms with E-state index in [1.165, 1.54) is 5.56 Å². The Hall–Kier alpha value is -0.310. The molecule has 2 aromatic rings. The molecule has 0 unspecified atom stereocenters. The summed E-state index contributed by atoms with van der Waals surface area (Å²) < 4.78 is 2.00. The smallest absolute Gasteiger partial charge is 0.0554 e. The molecule has 0 aliphatic heterocycles. The van der Waals surface area contributed by atoms with Crippen LogP contribution < -0.4 is 0 Å². The number of hydrogen-bond acceptors (Lipinski definition) is 0. The van der Waals surface area contributed by atoms with Crippen LogP contribution in [0.25, 0.3) is 11.1 Å². The van der Waals surface area contributed by atoms with Gasteiger partial charge in [0.05, 0.1) is 5.02 Å². The van der Waals surface area contributed by atoms with Crippen molar-refractivity contribution in [3.63, 3.8) is 0 Å². The molecule has 0 aliphatic carbocycles. The van der Waals surface area contributed by atoms with Crippen molar-refractivity contribution in [3.05, 3.63) is 55.9 Å². The average molecular weight is 360 g/mol. The largest absolute Gasteiger partial charge is 0.0831 e. The summed E-state index contributed by atoms with van der Waals surface area (Å²) in [5.41, 5.74) is 3.47. The van der Waals surface area contributed by atoms with E-state index in [1.807, 2.05) is 12.1 Å². The predicted octanol–water partition coefficient (Wildman–Crippen LogP) is 5.84. The van der Waals surface area contributed by atoms with Gasteiger partial charge in [0, 0.05) is 8.95 Å². The fraction of sp³-hybridized carbons (Fsp3) is 0.0769. The maximum Gasteiger partial charge on any atom is 0.0554 e. The van der Waals surface area contributed by atoms with Crippen molar-refractivity contribution in [2.45, 2.75) is 6.92 Å². The molecule has 0 radical (unpaired) electrons. The van der Waals surface area contributed by atoms with E-state index in [1.54, 1.807) is 0 Å². The lowest BCUT2D eigenvalue weighted by Gasteiger charge is -2.09. The molecule has 0 fully saturated rings. The lowest BCUT2D eigenvalue weighted by Crippen LogP contribution is -1.84. The molecule has 0 amide bonds. The second-order valence-corrected chi connectivity index (χ2v) is 5.64. The van der Waals surface area contributed by atoms with E-state index in [2.05, 4.69) is 63.0 Å². The van der Waals surface area contributed by atoms with Gasteiger partial charge in [-0.15, -0.1) is 0 Å². The topological polar surface area (TPSA) is 0 Å². The third-order valence-electron chi connectivity index (χ3n) is 2.36. The van der Waals surface area contributed by atoms with Gasteiger partial charge in [0.15, 0.2) is 0 Å². The van der Waals surface area contributed by atoms with Gasteiger partial charge in [0.1, 0.15) is 0 Å². The van der Waals surface area contributed by atoms with Crippen LogP contribution in [0.5, 0.6) is 0 Å². The molecule has 0 N–H and O–H groups in total. The molecule has 0 aliphatic rings. The predicted molar refractivity (Wildman–Crippen MR) is 77.0 cm³/mol. The second-order valence-electron chi connectivity index (χ2n) is 3.58. The third-order valence-corrected chi connectivity index (χ3v) is 4.45. The zero-order chi connectivity index (χ0) is 11.7. The summed E-state index contributed by atoms with van der Waals surface area (Å²) in [6, 6.07) is 12.1. The van der Waals surface area contributed by atoms with E-state index >= 15 is 0 Å². The Bertz CT molecular complexity index is 535. The van der Waals surface area contributed by atoms with Crippen molar-refractivity contribution in [2.24, 2.45) is 0 Å². The monoisotopic (exact) mass is 358 g/mol. The van der Waals surface area contributed by atoms with E-state index in [0.29, 0.717) is 0 Å². The van der Waals surface area contributed by atoms with Crippen LogP contribution in [0.4, 0.5) is 0 Å². The highest BCUT2D eigenvalue weighted by molar-refractivity contribution is 9.11. The quantitative estimate of drug-likeness (QED) is 0.599. The number of halogens is 3. The Kier molecular flexibility index (Phi) is 3.73. The molecule has 16 heavy (non-hydrogen) atoms. The lowest BCUT2D eigenvalue weighted by atomic mass is 10.0. The molecular formula is C13H9Br2Cl. The maximum absolute atomic E-state index is 6.09. The van der Waals surface area contributed by atoms with Crippen molar-refractivity contribution >= 4 is 43.5 Å². The highest BCUT2D eigenvalue weighted by Crippen LogP contribution is 2.37. The Labute approximate surface area is 117 Å². The summed E-state index contributed by atoms with van der Waals surface area (Å²) >= 11 is 13.2. The van der Waals surface area contributed by atoms with Gasteiger partial charge in [-0.2, -0.15) is 0 Å². The molecule has 0 saturated heterocycles. The minimum atomic E-state index is 0.728. The first-order chi connectivity index (χ1) is 7.59. The van der Waals surface area contributed by atoms with E-state index in [-0.39, 0.29) is 0 Å². The van der Waals surface area contributed by atoms with Gasteiger partial charge in [-0.05, 0) is 46.1 Å². The highest BCUT2D eigenvalue weighted by atomic mass is 79.9. The van der Waals surface area contributed by atoms with Gasteiger partial charge in [-0.1, -0.05) is 57.4 Å². The molecule has 0 aromatic heterocycles. The summed E-state index contributed by atoms with van der Waals surface area (Å²) in [6.45, 7) is 2.08. The van der Waals surface area contributed by atoms with Gasteiger partial charge in [-0.25, -0.2) is 0 Å². The van der Waals surface area contributed by atoms with E-state index < -0.39 is 0 Å². The minimum absolute atomic E-state index is 0.728. The van der Waals surface area contributed by atoms with Crippen LogP contribution >= 0.6 is 43.5 Å². The molecule has 2 rings (SSSR count). The van der Waals surface area contributed by atoms with Crippen LogP contribution in [0.1, 0.15) is 5.56 Å². The first kappa shape index (κ1) is 12.2. The first-order valence-electron chi connectivity index (χ1n) is 4.80. The Morgan fingerprint density at radius 1 is 1.00 bits per heavy atom. The summed E-state index contributed by atoms with van der Waals surface area (Å²) in [5, 5.41) is 0.728. The van der Waals surface area contributed by atoms with Crippen LogP contribution in [0.2, 0.25) is 5.02 Å². The second kappa shape index (κ2) is 4.91. The summed E-state index contributed by atoms with van der Waals surface area (Å²) in [4.78, 5) is 0. The van der Waals surface area contributed by atoms with Crippen LogP contribution in [-0.2, 0) is 0 Å². The summed E-state index contributed by atoms with van der Waals surface area (Å²) in [6.07, 6.45) is 0. The van der Waals surface area contributed by atoms with Crippen molar-refractivity contribution in [2.75, 3.05) is 0 Å². The average Bonchev–Trinajstić information content (AvgIpc) is 2.26. The van der Waals surface area contributed by atoms with Crippen molar-refractivity contribution in [1.82, 2.24) is 0 Å². The van der Waals surface area contributed by atoms with Crippen LogP contribution in [-0.4, -0.2) is 0 Å². The number of rotatable bonds is 1. The normalized spacial score (nSPS) is 10.5. The molecule has 0 heterocycles. The Morgan fingerprint density at radius 2 is 1.75 bits per heavy atom. The van der Waals surface area contributed by atoms with E-state index in [0.717, 1.165) is 25.1 Å². The standard InChI is InChI=1S/C13H9Br2Cl/c1-8-5-6-11(14)10(7-8)9-3-2-4-12(16)13(9)15/h2-7H,1H3. The van der Waals surface area contributed by atoms with E-state index in [4.69, 9.17) is 11.6 Å². The van der Waals surface area contributed by atoms with Crippen LogP contribution in [0.3, 0.4) is 0 Å². The van der Waals surface area contributed by atoms with E-state index in [9.17, 15) is 0 Å². The molecule has 0 nitrogen and oxygen atoms in total. The first-order valence-corrected chi connectivity index (χ1v) is 6.76. The summed E-state index contributed by atoms with van der Waals surface area (Å²) in [7, 11) is 0. The Morgan fingerprint density at radius 3 is 2.50 bits per heavy atom. The molecule has 0 bridgehead atoms. The SMILES string of the molecule is Cc1ccc(Br)c(-c2cccc(Cl)c2Br)c1. The van der Waals surface area contributed by atoms with Gasteiger partial charge >= 0.3 is 0 Å². The van der Waals surface area contributed by atoms with Gasteiger partial charge in [0.2, 0.25) is 0 Å².